The van der Waals surface area contributed by atoms with Crippen molar-refractivity contribution in [2.75, 3.05) is 29.9 Å². The molecular weight excluding hydrogens is 346 g/mol. The van der Waals surface area contributed by atoms with E-state index in [4.69, 9.17) is 5.26 Å². The quantitative estimate of drug-likeness (QED) is 0.770. The van der Waals surface area contributed by atoms with Gasteiger partial charge in [-0.05, 0) is 18.9 Å². The van der Waals surface area contributed by atoms with E-state index in [1.807, 2.05) is 30.3 Å². The first-order valence-electron chi connectivity index (χ1n) is 8.91. The lowest BCUT2D eigenvalue weighted by molar-refractivity contribution is 0.163. The number of carbonyl (C=O) groups is 1. The van der Waals surface area contributed by atoms with Gasteiger partial charge in [-0.1, -0.05) is 0 Å². The predicted octanol–water partition coefficient (Wildman–Crippen LogP) is 0.840. The first-order chi connectivity index (χ1) is 13.1. The molecule has 2 aliphatic rings. The van der Waals surface area contributed by atoms with Gasteiger partial charge in [0, 0.05) is 32.5 Å². The van der Waals surface area contributed by atoms with Crippen LogP contribution in [0.25, 0.3) is 0 Å². The lowest BCUT2D eigenvalue weighted by Crippen LogP contribution is -2.58. The van der Waals surface area contributed by atoms with Crippen molar-refractivity contribution in [2.45, 2.75) is 24.9 Å². The maximum atomic E-state index is 12.3. The normalized spacial score (nSPS) is 21.0. The molecule has 2 aromatic rings. The molecule has 10 nitrogen and oxygen atoms in total. The van der Waals surface area contributed by atoms with Crippen LogP contribution in [-0.2, 0) is 7.05 Å². The molecule has 10 heteroatoms. The number of nitrogens with zero attached hydrogens (tertiary/aromatic N) is 7. The molecule has 2 amide bonds. The Morgan fingerprint density at radius 2 is 2.15 bits per heavy atom. The minimum absolute atomic E-state index is 0.0355. The summed E-state index contributed by atoms with van der Waals surface area (Å²) < 4.78 is 1.71. The number of amides is 2. The molecule has 27 heavy (non-hydrogen) atoms. The highest BCUT2D eigenvalue weighted by Gasteiger charge is 2.42. The third-order valence-corrected chi connectivity index (χ3v) is 4.96. The van der Waals surface area contributed by atoms with Crippen molar-refractivity contribution < 1.29 is 4.79 Å². The second kappa shape index (κ2) is 7.11. The Hall–Kier alpha value is -3.35. The van der Waals surface area contributed by atoms with Gasteiger partial charge in [-0.3, -0.25) is 4.68 Å². The van der Waals surface area contributed by atoms with Crippen molar-refractivity contribution in [3.8, 4) is 6.07 Å². The Morgan fingerprint density at radius 3 is 2.81 bits per heavy atom. The number of hydrogen-bond acceptors (Lipinski definition) is 7. The topological polar surface area (TPSA) is 115 Å². The maximum absolute atomic E-state index is 12.3. The van der Waals surface area contributed by atoms with Crippen LogP contribution in [0.5, 0.6) is 0 Å². The fraction of sp³-hybridized carbons (Fsp3) is 0.471. The lowest BCUT2D eigenvalue weighted by atomic mass is 10.2. The summed E-state index contributed by atoms with van der Waals surface area (Å²) in [4.78, 5) is 25.3. The molecule has 2 atom stereocenters. The molecule has 2 saturated heterocycles. The Balaban J connectivity index is 1.46. The molecule has 0 aliphatic carbocycles. The molecular formula is C17H21N9O. The van der Waals surface area contributed by atoms with Crippen molar-refractivity contribution in [3.05, 3.63) is 24.7 Å². The first-order valence-corrected chi connectivity index (χ1v) is 8.91. The van der Waals surface area contributed by atoms with Gasteiger partial charge in [0.1, 0.15) is 12.4 Å². The van der Waals surface area contributed by atoms with Crippen LogP contribution in [0, 0.1) is 11.3 Å². The van der Waals surface area contributed by atoms with Crippen LogP contribution >= 0.6 is 0 Å². The summed E-state index contributed by atoms with van der Waals surface area (Å²) in [7, 11) is 1.85. The number of anilines is 3. The molecule has 0 radical (unpaired) electrons. The van der Waals surface area contributed by atoms with E-state index >= 15 is 0 Å². The Bertz CT molecular complexity index is 859. The van der Waals surface area contributed by atoms with Crippen LogP contribution in [-0.4, -0.2) is 62.4 Å². The van der Waals surface area contributed by atoms with E-state index < -0.39 is 0 Å². The summed E-state index contributed by atoms with van der Waals surface area (Å²) in [6.45, 7) is 1.48. The molecule has 2 bridgehead atoms. The van der Waals surface area contributed by atoms with Crippen molar-refractivity contribution >= 4 is 23.5 Å². The lowest BCUT2D eigenvalue weighted by Gasteiger charge is -2.41. The van der Waals surface area contributed by atoms with E-state index in [1.54, 1.807) is 17.1 Å². The first kappa shape index (κ1) is 17.1. The summed E-state index contributed by atoms with van der Waals surface area (Å²) in [6.07, 6.45) is 7.23. The highest BCUT2D eigenvalue weighted by molar-refractivity contribution is 5.76. The van der Waals surface area contributed by atoms with Gasteiger partial charge in [-0.2, -0.15) is 15.3 Å². The number of nitrogens with one attached hydrogen (secondary N) is 2. The fourth-order valence-corrected chi connectivity index (χ4v) is 3.83. The van der Waals surface area contributed by atoms with E-state index in [0.29, 0.717) is 5.95 Å². The van der Waals surface area contributed by atoms with Crippen LogP contribution in [0.4, 0.5) is 22.2 Å². The zero-order valence-electron chi connectivity index (χ0n) is 15.0. The Kier molecular flexibility index (Phi) is 4.50. The number of hydrogen-bond donors (Lipinski definition) is 2. The van der Waals surface area contributed by atoms with Crippen molar-refractivity contribution in [1.82, 2.24) is 30.0 Å². The standard InChI is InChI=1S/C17H21N9O/c1-24-9-12(8-21-24)22-16-19-6-4-15(23-16)25-10-13-2-3-14(11-25)26(13)17(27)20-7-5-18/h4,6,8-9,13-14H,2-3,7,10-11H2,1H3,(H,20,27)(H,19,22,23)/t13-,14-/m1/s1. The molecule has 2 aromatic heterocycles. The molecule has 0 aromatic carbocycles. The van der Waals surface area contributed by atoms with Gasteiger partial charge in [0.25, 0.3) is 0 Å². The van der Waals surface area contributed by atoms with Crippen molar-refractivity contribution in [2.24, 2.45) is 7.05 Å². The van der Waals surface area contributed by atoms with E-state index in [-0.39, 0.29) is 24.7 Å². The number of rotatable bonds is 4. The average molecular weight is 367 g/mol. The number of aryl methyl sites for hydroxylation is 1. The van der Waals surface area contributed by atoms with Gasteiger partial charge in [0.15, 0.2) is 0 Å². The molecule has 140 valence electrons. The van der Waals surface area contributed by atoms with Crippen LogP contribution in [0.1, 0.15) is 12.8 Å². The van der Waals surface area contributed by atoms with E-state index in [1.165, 1.54) is 0 Å². The van der Waals surface area contributed by atoms with Gasteiger partial charge in [0.05, 0.1) is 30.0 Å². The summed E-state index contributed by atoms with van der Waals surface area (Å²) in [5.74, 6) is 1.35. The molecule has 0 unspecified atom stereocenters. The zero-order valence-corrected chi connectivity index (χ0v) is 15.0. The zero-order chi connectivity index (χ0) is 18.8. The van der Waals surface area contributed by atoms with Crippen LogP contribution in [0.3, 0.4) is 0 Å². The summed E-state index contributed by atoms with van der Waals surface area (Å²) in [5, 5.41) is 18.6. The van der Waals surface area contributed by atoms with E-state index in [2.05, 4.69) is 30.6 Å². The van der Waals surface area contributed by atoms with Gasteiger partial charge < -0.3 is 20.4 Å². The molecule has 0 saturated carbocycles. The van der Waals surface area contributed by atoms with Gasteiger partial charge in [-0.25, -0.2) is 9.78 Å². The number of fused-ring (bicyclic) bond motifs is 2. The smallest absolute Gasteiger partial charge is 0.318 e. The Labute approximate surface area is 156 Å². The largest absolute Gasteiger partial charge is 0.352 e. The van der Waals surface area contributed by atoms with E-state index in [0.717, 1.165) is 37.4 Å². The highest BCUT2D eigenvalue weighted by Crippen LogP contribution is 2.32. The SMILES string of the molecule is Cn1cc(Nc2nccc(N3C[C@H]4CC[C@H](C3)N4C(=O)NCC#N)n2)cn1. The third kappa shape index (κ3) is 3.48. The molecule has 4 rings (SSSR count). The van der Waals surface area contributed by atoms with Crippen LogP contribution in [0.2, 0.25) is 0 Å². The van der Waals surface area contributed by atoms with Gasteiger partial charge in [0.2, 0.25) is 5.95 Å². The molecule has 2 N–H and O–H groups in total. The van der Waals surface area contributed by atoms with Crippen molar-refractivity contribution in [3.63, 3.8) is 0 Å². The van der Waals surface area contributed by atoms with Crippen LogP contribution < -0.4 is 15.5 Å². The summed E-state index contributed by atoms with van der Waals surface area (Å²) >= 11 is 0. The number of carbonyl (C=O) groups excluding carboxylic acids is 1. The number of nitriles is 1. The Morgan fingerprint density at radius 1 is 1.37 bits per heavy atom. The predicted molar refractivity (Wildman–Crippen MR) is 98.4 cm³/mol. The second-order valence-corrected chi connectivity index (χ2v) is 6.78. The minimum atomic E-state index is -0.148. The monoisotopic (exact) mass is 367 g/mol. The summed E-state index contributed by atoms with van der Waals surface area (Å²) in [5.41, 5.74) is 0.828. The molecule has 2 fully saturated rings. The fourth-order valence-electron chi connectivity index (χ4n) is 3.83. The maximum Gasteiger partial charge on any atom is 0.318 e. The van der Waals surface area contributed by atoms with E-state index in [9.17, 15) is 4.79 Å². The number of aromatic nitrogens is 4. The number of piperazine rings is 1. The highest BCUT2D eigenvalue weighted by atomic mass is 16.2. The molecule has 0 spiro atoms. The van der Waals surface area contributed by atoms with Gasteiger partial charge in [-0.15, -0.1) is 0 Å². The molecule has 2 aliphatic heterocycles. The second-order valence-electron chi connectivity index (χ2n) is 6.78. The number of urea groups is 1. The average Bonchev–Trinajstić information content (AvgIpc) is 3.19. The third-order valence-electron chi connectivity index (χ3n) is 4.96. The van der Waals surface area contributed by atoms with Crippen LogP contribution in [0.15, 0.2) is 24.7 Å². The summed E-state index contributed by atoms with van der Waals surface area (Å²) in [6, 6.07) is 3.95. The molecule has 4 heterocycles. The van der Waals surface area contributed by atoms with Gasteiger partial charge >= 0.3 is 6.03 Å². The minimum Gasteiger partial charge on any atom is -0.352 e. The van der Waals surface area contributed by atoms with Crippen molar-refractivity contribution in [1.29, 1.82) is 5.26 Å².